The van der Waals surface area contributed by atoms with E-state index in [4.69, 9.17) is 11.6 Å². The highest BCUT2D eigenvalue weighted by molar-refractivity contribution is 6.32. The van der Waals surface area contributed by atoms with Crippen LogP contribution in [-0.2, 0) is 6.42 Å². The Morgan fingerprint density at radius 3 is 2.60 bits per heavy atom. The van der Waals surface area contributed by atoms with E-state index in [1.807, 2.05) is 18.2 Å². The number of phenols is 2. The Labute approximate surface area is 123 Å². The largest absolute Gasteiger partial charge is 0.508 e. The quantitative estimate of drug-likeness (QED) is 0.802. The van der Waals surface area contributed by atoms with Gasteiger partial charge in [-0.1, -0.05) is 29.8 Å². The Kier molecular flexibility index (Phi) is 3.41. The van der Waals surface area contributed by atoms with Gasteiger partial charge >= 0.3 is 0 Å². The molecule has 3 rings (SSSR count). The summed E-state index contributed by atoms with van der Waals surface area (Å²) in [6, 6.07) is 10.8. The first-order valence-electron chi connectivity index (χ1n) is 6.65. The van der Waals surface area contributed by atoms with Crippen molar-refractivity contribution in [3.8, 4) is 11.5 Å². The van der Waals surface area contributed by atoms with Crippen LogP contribution in [0, 0.1) is 0 Å². The monoisotopic (exact) mass is 286 g/mol. The molecule has 1 aliphatic carbocycles. The zero-order chi connectivity index (χ0) is 14.1. The van der Waals surface area contributed by atoms with E-state index < -0.39 is 0 Å². The lowest BCUT2D eigenvalue weighted by atomic mass is 10.0. The minimum atomic E-state index is 0.106. The third-order valence-corrected chi connectivity index (χ3v) is 3.97. The lowest BCUT2D eigenvalue weighted by Gasteiger charge is -2.07. The molecule has 0 atom stereocenters. The number of hydrogen-bond acceptors (Lipinski definition) is 2. The van der Waals surface area contributed by atoms with Crippen LogP contribution in [0.4, 0.5) is 0 Å². The van der Waals surface area contributed by atoms with Gasteiger partial charge < -0.3 is 10.2 Å². The van der Waals surface area contributed by atoms with E-state index in [1.54, 1.807) is 18.2 Å². The van der Waals surface area contributed by atoms with E-state index in [0.717, 1.165) is 30.4 Å². The number of aromatic hydroxyl groups is 2. The first kappa shape index (κ1) is 13.1. The molecule has 0 spiro atoms. The average Bonchev–Trinajstić information content (AvgIpc) is 2.63. The van der Waals surface area contributed by atoms with Gasteiger partial charge in [-0.2, -0.15) is 0 Å². The summed E-state index contributed by atoms with van der Waals surface area (Å²) in [6.45, 7) is 0. The van der Waals surface area contributed by atoms with Crippen molar-refractivity contribution in [1.29, 1.82) is 0 Å². The molecule has 0 aliphatic heterocycles. The molecule has 2 aromatic carbocycles. The summed E-state index contributed by atoms with van der Waals surface area (Å²) < 4.78 is 0. The van der Waals surface area contributed by atoms with Crippen molar-refractivity contribution < 1.29 is 10.2 Å². The molecule has 0 heterocycles. The summed E-state index contributed by atoms with van der Waals surface area (Å²) in [5.41, 5.74) is 4.55. The van der Waals surface area contributed by atoms with Crippen molar-refractivity contribution in [3.63, 3.8) is 0 Å². The average molecular weight is 287 g/mol. The maximum Gasteiger partial charge on any atom is 0.134 e. The number of rotatable bonds is 1. The van der Waals surface area contributed by atoms with Crippen LogP contribution in [0.1, 0.15) is 29.5 Å². The smallest absolute Gasteiger partial charge is 0.134 e. The third-order valence-electron chi connectivity index (χ3n) is 3.67. The number of halogens is 1. The molecule has 2 N–H and O–H groups in total. The van der Waals surface area contributed by atoms with Crippen molar-refractivity contribution in [2.45, 2.75) is 19.3 Å². The Morgan fingerprint density at radius 2 is 1.80 bits per heavy atom. The van der Waals surface area contributed by atoms with Crippen LogP contribution in [0.5, 0.6) is 11.5 Å². The Bertz CT molecular complexity index is 689. The van der Waals surface area contributed by atoms with Gasteiger partial charge in [0.15, 0.2) is 0 Å². The van der Waals surface area contributed by atoms with E-state index in [9.17, 15) is 10.2 Å². The predicted molar refractivity (Wildman–Crippen MR) is 82.0 cm³/mol. The summed E-state index contributed by atoms with van der Waals surface area (Å²) in [7, 11) is 0. The second kappa shape index (κ2) is 5.22. The summed E-state index contributed by atoms with van der Waals surface area (Å²) in [5.74, 6) is 0.420. The van der Waals surface area contributed by atoms with Crippen molar-refractivity contribution >= 4 is 23.3 Å². The standard InChI is InChI=1S/C17H15ClO2/c18-16-10-14(5-7-17(16)20)11-2-1-3-12-9-15(19)6-4-13(12)8-11/h4-10,19-20H,1-3H2. The van der Waals surface area contributed by atoms with E-state index in [-0.39, 0.29) is 5.75 Å². The Hall–Kier alpha value is -1.93. The number of aryl methyl sites for hydroxylation is 1. The molecule has 20 heavy (non-hydrogen) atoms. The molecule has 3 heteroatoms. The topological polar surface area (TPSA) is 40.5 Å². The second-order valence-corrected chi connectivity index (χ2v) is 5.48. The fraction of sp³-hybridized carbons (Fsp3) is 0.176. The Morgan fingerprint density at radius 1 is 0.950 bits per heavy atom. The number of phenolic OH excluding ortho intramolecular Hbond substituents is 2. The van der Waals surface area contributed by atoms with Gasteiger partial charge in [-0.25, -0.2) is 0 Å². The van der Waals surface area contributed by atoms with E-state index in [0.29, 0.717) is 10.8 Å². The number of fused-ring (bicyclic) bond motifs is 1. The van der Waals surface area contributed by atoms with Crippen LogP contribution in [-0.4, -0.2) is 10.2 Å². The highest BCUT2D eigenvalue weighted by Gasteiger charge is 2.12. The van der Waals surface area contributed by atoms with Crippen molar-refractivity contribution in [2.75, 3.05) is 0 Å². The van der Waals surface area contributed by atoms with Gasteiger partial charge in [-0.05, 0) is 65.8 Å². The van der Waals surface area contributed by atoms with Gasteiger partial charge in [0.05, 0.1) is 5.02 Å². The molecule has 102 valence electrons. The summed E-state index contributed by atoms with van der Waals surface area (Å²) in [5, 5.41) is 19.4. The molecule has 0 unspecified atom stereocenters. The molecule has 0 amide bonds. The molecular weight excluding hydrogens is 272 g/mol. The third kappa shape index (κ3) is 2.52. The fourth-order valence-corrected chi connectivity index (χ4v) is 2.79. The SMILES string of the molecule is Oc1ccc2c(c1)CCCC(c1ccc(O)c(Cl)c1)=C2. The van der Waals surface area contributed by atoms with Crippen LogP contribution in [0.25, 0.3) is 11.6 Å². The Balaban J connectivity index is 2.05. The first-order chi connectivity index (χ1) is 9.63. The van der Waals surface area contributed by atoms with E-state index >= 15 is 0 Å². The molecule has 0 radical (unpaired) electrons. The van der Waals surface area contributed by atoms with Crippen molar-refractivity contribution in [3.05, 3.63) is 58.1 Å². The number of allylic oxidation sites excluding steroid dienone is 1. The highest BCUT2D eigenvalue weighted by Crippen LogP contribution is 2.33. The second-order valence-electron chi connectivity index (χ2n) is 5.07. The highest BCUT2D eigenvalue weighted by atomic mass is 35.5. The van der Waals surface area contributed by atoms with Gasteiger partial charge in [0.2, 0.25) is 0 Å². The minimum absolute atomic E-state index is 0.106. The molecule has 0 saturated carbocycles. The maximum atomic E-state index is 9.56. The zero-order valence-corrected chi connectivity index (χ0v) is 11.7. The molecule has 0 fully saturated rings. The number of hydrogen-bond donors (Lipinski definition) is 2. The normalized spacial score (nSPS) is 14.3. The predicted octanol–water partition coefficient (Wildman–Crippen LogP) is 4.63. The number of benzene rings is 2. The van der Waals surface area contributed by atoms with Crippen LogP contribution >= 0.6 is 11.6 Å². The molecule has 0 saturated heterocycles. The van der Waals surface area contributed by atoms with Crippen LogP contribution in [0.3, 0.4) is 0 Å². The van der Waals surface area contributed by atoms with E-state index in [1.165, 1.54) is 11.1 Å². The first-order valence-corrected chi connectivity index (χ1v) is 7.02. The molecule has 2 aromatic rings. The van der Waals surface area contributed by atoms with E-state index in [2.05, 4.69) is 6.08 Å². The van der Waals surface area contributed by atoms with Crippen LogP contribution in [0.2, 0.25) is 5.02 Å². The molecule has 1 aliphatic rings. The molecule has 0 aromatic heterocycles. The lowest BCUT2D eigenvalue weighted by molar-refractivity contribution is 0.474. The van der Waals surface area contributed by atoms with Gasteiger partial charge in [0.25, 0.3) is 0 Å². The van der Waals surface area contributed by atoms with Crippen LogP contribution < -0.4 is 0 Å². The van der Waals surface area contributed by atoms with Gasteiger partial charge in [-0.3, -0.25) is 0 Å². The summed E-state index contributed by atoms with van der Waals surface area (Å²) >= 11 is 5.98. The summed E-state index contributed by atoms with van der Waals surface area (Å²) in [6.07, 6.45) is 5.08. The lowest BCUT2D eigenvalue weighted by Crippen LogP contribution is -1.86. The minimum Gasteiger partial charge on any atom is -0.508 e. The van der Waals surface area contributed by atoms with Gasteiger partial charge in [0.1, 0.15) is 11.5 Å². The fourth-order valence-electron chi connectivity index (χ4n) is 2.61. The maximum absolute atomic E-state index is 9.56. The summed E-state index contributed by atoms with van der Waals surface area (Å²) in [4.78, 5) is 0. The van der Waals surface area contributed by atoms with Crippen LogP contribution in [0.15, 0.2) is 36.4 Å². The van der Waals surface area contributed by atoms with Gasteiger partial charge in [-0.15, -0.1) is 0 Å². The zero-order valence-electron chi connectivity index (χ0n) is 10.9. The van der Waals surface area contributed by atoms with Crippen molar-refractivity contribution in [2.24, 2.45) is 0 Å². The van der Waals surface area contributed by atoms with Gasteiger partial charge in [0, 0.05) is 0 Å². The molecule has 0 bridgehead atoms. The molecular formula is C17H15ClO2. The van der Waals surface area contributed by atoms with Crippen molar-refractivity contribution in [1.82, 2.24) is 0 Å². The molecule has 2 nitrogen and oxygen atoms in total.